The molecule has 1 heterocycles. The molecule has 1 aromatic heterocycles. The highest BCUT2D eigenvalue weighted by Crippen LogP contribution is 2.32. The van der Waals surface area contributed by atoms with E-state index in [-0.39, 0.29) is 16.6 Å². The number of sulfone groups is 1. The average molecular weight is 471 g/mol. The summed E-state index contributed by atoms with van der Waals surface area (Å²) in [5.74, 6) is -0.348. The molecular formula is C23H19ClN2O3S2. The number of anilines is 1. The van der Waals surface area contributed by atoms with Crippen molar-refractivity contribution < 1.29 is 13.2 Å². The number of rotatable bonds is 6. The lowest BCUT2D eigenvalue weighted by molar-refractivity contribution is 0.0985. The first kappa shape index (κ1) is 21.5. The Balaban J connectivity index is 1.78. The number of amides is 1. The van der Waals surface area contributed by atoms with E-state index in [1.165, 1.54) is 23.5 Å². The lowest BCUT2D eigenvalue weighted by Gasteiger charge is -2.20. The molecule has 0 aliphatic carbocycles. The zero-order valence-electron chi connectivity index (χ0n) is 16.7. The lowest BCUT2D eigenvalue weighted by atomic mass is 10.1. The number of nitrogens with zero attached hydrogens (tertiary/aromatic N) is 2. The van der Waals surface area contributed by atoms with Crippen LogP contribution in [0.2, 0.25) is 5.02 Å². The molecule has 0 unspecified atom stereocenters. The van der Waals surface area contributed by atoms with Gasteiger partial charge >= 0.3 is 0 Å². The Kier molecular flexibility index (Phi) is 6.09. The van der Waals surface area contributed by atoms with Crippen molar-refractivity contribution in [3.8, 4) is 0 Å². The summed E-state index contributed by atoms with van der Waals surface area (Å²) in [6.07, 6.45) is 0. The van der Waals surface area contributed by atoms with Gasteiger partial charge in [-0.15, -0.1) is 0 Å². The maximum Gasteiger partial charge on any atom is 0.260 e. The Morgan fingerprint density at radius 2 is 1.81 bits per heavy atom. The Bertz CT molecular complexity index is 1350. The van der Waals surface area contributed by atoms with E-state index in [0.29, 0.717) is 22.3 Å². The van der Waals surface area contributed by atoms with Gasteiger partial charge in [0.2, 0.25) is 0 Å². The van der Waals surface area contributed by atoms with Gasteiger partial charge in [0.15, 0.2) is 15.0 Å². The molecule has 0 saturated heterocycles. The van der Waals surface area contributed by atoms with Crippen LogP contribution in [0, 0.1) is 0 Å². The maximum absolute atomic E-state index is 13.5. The van der Waals surface area contributed by atoms with Gasteiger partial charge in [0.25, 0.3) is 5.91 Å². The van der Waals surface area contributed by atoms with Crippen molar-refractivity contribution in [3.05, 3.63) is 88.9 Å². The van der Waals surface area contributed by atoms with Crippen LogP contribution in [-0.4, -0.2) is 25.1 Å². The van der Waals surface area contributed by atoms with Crippen molar-refractivity contribution in [1.29, 1.82) is 0 Å². The van der Waals surface area contributed by atoms with E-state index >= 15 is 0 Å². The highest BCUT2D eigenvalue weighted by Gasteiger charge is 2.23. The molecule has 158 valence electrons. The summed E-state index contributed by atoms with van der Waals surface area (Å²) in [7, 11) is -3.43. The van der Waals surface area contributed by atoms with Gasteiger partial charge in [-0.3, -0.25) is 9.69 Å². The fourth-order valence-electron chi connectivity index (χ4n) is 3.14. The summed E-state index contributed by atoms with van der Waals surface area (Å²) in [5.41, 5.74) is 1.98. The van der Waals surface area contributed by atoms with Gasteiger partial charge in [-0.25, -0.2) is 13.4 Å². The molecule has 8 heteroatoms. The third-order valence-corrected chi connectivity index (χ3v) is 7.83. The van der Waals surface area contributed by atoms with E-state index in [9.17, 15) is 13.2 Å². The summed E-state index contributed by atoms with van der Waals surface area (Å²) in [5, 5.41) is 1.12. The Labute approximate surface area is 189 Å². The third-order valence-electron chi connectivity index (χ3n) is 4.82. The molecule has 31 heavy (non-hydrogen) atoms. The van der Waals surface area contributed by atoms with Crippen LogP contribution in [0.5, 0.6) is 0 Å². The minimum atomic E-state index is -3.43. The number of halogens is 1. The van der Waals surface area contributed by atoms with Crippen molar-refractivity contribution >= 4 is 54.0 Å². The van der Waals surface area contributed by atoms with E-state index in [1.807, 2.05) is 42.5 Å². The molecule has 0 aliphatic rings. The standard InChI is InChI=1S/C23H19ClN2O3S2/c1-2-31(28,29)19-10-6-9-17(13-19)22(27)26(15-16-7-4-3-5-8-16)23-25-20-12-11-18(24)14-21(20)30-23/h3-14H,2,15H2,1H3. The van der Waals surface area contributed by atoms with Crippen molar-refractivity contribution in [2.24, 2.45) is 0 Å². The van der Waals surface area contributed by atoms with Crippen LogP contribution in [0.25, 0.3) is 10.2 Å². The van der Waals surface area contributed by atoms with Gasteiger partial charge < -0.3 is 0 Å². The molecule has 0 N–H and O–H groups in total. The molecular weight excluding hydrogens is 452 g/mol. The molecule has 0 spiro atoms. The van der Waals surface area contributed by atoms with E-state index in [4.69, 9.17) is 11.6 Å². The molecule has 4 aromatic rings. The molecule has 1 amide bonds. The van der Waals surface area contributed by atoms with Crippen LogP contribution < -0.4 is 4.90 Å². The second-order valence-electron chi connectivity index (χ2n) is 6.92. The van der Waals surface area contributed by atoms with Crippen molar-refractivity contribution in [1.82, 2.24) is 4.98 Å². The zero-order chi connectivity index (χ0) is 22.0. The van der Waals surface area contributed by atoms with Gasteiger partial charge in [-0.05, 0) is 42.0 Å². The van der Waals surface area contributed by atoms with Crippen LogP contribution >= 0.6 is 22.9 Å². The van der Waals surface area contributed by atoms with Crippen LogP contribution in [0.4, 0.5) is 5.13 Å². The minimum absolute atomic E-state index is 0.0308. The number of benzene rings is 3. The molecule has 5 nitrogen and oxygen atoms in total. The SMILES string of the molecule is CCS(=O)(=O)c1cccc(C(=O)N(Cc2ccccc2)c2nc3ccc(Cl)cc3s2)c1. The molecule has 0 atom stereocenters. The summed E-state index contributed by atoms with van der Waals surface area (Å²) < 4.78 is 25.5. The van der Waals surface area contributed by atoms with Crippen LogP contribution in [0.3, 0.4) is 0 Å². The summed E-state index contributed by atoms with van der Waals surface area (Å²) in [6.45, 7) is 1.88. The van der Waals surface area contributed by atoms with Gasteiger partial charge in [0.1, 0.15) is 0 Å². The number of thiazole rings is 1. The monoisotopic (exact) mass is 470 g/mol. The fraction of sp³-hybridized carbons (Fsp3) is 0.130. The predicted molar refractivity (Wildman–Crippen MR) is 126 cm³/mol. The third kappa shape index (κ3) is 4.63. The average Bonchev–Trinajstić information content (AvgIpc) is 3.20. The van der Waals surface area contributed by atoms with E-state index in [2.05, 4.69) is 4.98 Å². The topological polar surface area (TPSA) is 67.3 Å². The molecule has 0 radical (unpaired) electrons. The minimum Gasteiger partial charge on any atom is -0.279 e. The Morgan fingerprint density at radius 3 is 2.55 bits per heavy atom. The van der Waals surface area contributed by atoms with Crippen LogP contribution in [-0.2, 0) is 16.4 Å². The Hall–Kier alpha value is -2.74. The number of hydrogen-bond acceptors (Lipinski definition) is 5. The molecule has 0 aliphatic heterocycles. The summed E-state index contributed by atoms with van der Waals surface area (Å²) >= 11 is 7.48. The summed E-state index contributed by atoms with van der Waals surface area (Å²) in [4.78, 5) is 19.9. The van der Waals surface area contributed by atoms with E-state index in [0.717, 1.165) is 15.8 Å². The first-order valence-electron chi connectivity index (χ1n) is 9.62. The first-order chi connectivity index (χ1) is 14.9. The number of hydrogen-bond donors (Lipinski definition) is 0. The quantitative estimate of drug-likeness (QED) is 0.368. The van der Waals surface area contributed by atoms with Gasteiger partial charge in [0, 0.05) is 10.6 Å². The van der Waals surface area contributed by atoms with Gasteiger partial charge in [0.05, 0.1) is 27.4 Å². The molecule has 3 aromatic carbocycles. The smallest absolute Gasteiger partial charge is 0.260 e. The number of carbonyl (C=O) groups is 1. The molecule has 0 saturated carbocycles. The van der Waals surface area contributed by atoms with Gasteiger partial charge in [-0.2, -0.15) is 0 Å². The summed E-state index contributed by atoms with van der Waals surface area (Å²) in [6, 6.07) is 21.1. The lowest BCUT2D eigenvalue weighted by Crippen LogP contribution is -2.30. The second kappa shape index (κ2) is 8.78. The number of fused-ring (bicyclic) bond motifs is 1. The predicted octanol–water partition coefficient (Wildman–Crippen LogP) is 5.59. The zero-order valence-corrected chi connectivity index (χ0v) is 19.0. The largest absolute Gasteiger partial charge is 0.279 e. The molecule has 4 rings (SSSR count). The normalized spacial score (nSPS) is 11.5. The highest BCUT2D eigenvalue weighted by atomic mass is 35.5. The van der Waals surface area contributed by atoms with Crippen molar-refractivity contribution in [3.63, 3.8) is 0 Å². The number of carbonyl (C=O) groups excluding carboxylic acids is 1. The number of aromatic nitrogens is 1. The van der Waals surface area contributed by atoms with E-state index in [1.54, 1.807) is 30.0 Å². The fourth-order valence-corrected chi connectivity index (χ4v) is 5.30. The van der Waals surface area contributed by atoms with Crippen molar-refractivity contribution in [2.75, 3.05) is 10.7 Å². The van der Waals surface area contributed by atoms with Crippen LogP contribution in [0.1, 0.15) is 22.8 Å². The van der Waals surface area contributed by atoms with Crippen LogP contribution in [0.15, 0.2) is 77.7 Å². The second-order valence-corrected chi connectivity index (χ2v) is 10.6. The Morgan fingerprint density at radius 1 is 1.03 bits per heavy atom. The highest BCUT2D eigenvalue weighted by molar-refractivity contribution is 7.91. The first-order valence-corrected chi connectivity index (χ1v) is 12.5. The molecule has 0 bridgehead atoms. The van der Waals surface area contributed by atoms with Crippen molar-refractivity contribution in [2.45, 2.75) is 18.4 Å². The van der Waals surface area contributed by atoms with E-state index < -0.39 is 9.84 Å². The van der Waals surface area contributed by atoms with Gasteiger partial charge in [-0.1, -0.05) is 66.3 Å². The molecule has 0 fully saturated rings. The maximum atomic E-state index is 13.5.